The first-order valence-corrected chi connectivity index (χ1v) is 14.5. The second-order valence-corrected chi connectivity index (χ2v) is 10.7. The summed E-state index contributed by atoms with van der Waals surface area (Å²) in [7, 11) is 1.42. The van der Waals surface area contributed by atoms with E-state index in [1.54, 1.807) is 6.07 Å². The van der Waals surface area contributed by atoms with Crippen molar-refractivity contribution in [3.05, 3.63) is 95.1 Å². The number of carbonyl (C=O) groups excluding carboxylic acids is 1. The summed E-state index contributed by atoms with van der Waals surface area (Å²) in [6, 6.07) is 20.6. The minimum atomic E-state index is -0.545. The summed E-state index contributed by atoms with van der Waals surface area (Å²) in [5.41, 5.74) is 4.58. The first-order valence-electron chi connectivity index (χ1n) is 14.5. The van der Waals surface area contributed by atoms with E-state index in [-0.39, 0.29) is 17.7 Å². The summed E-state index contributed by atoms with van der Waals surface area (Å²) >= 11 is 0. The number of H-pyrrole nitrogens is 1. The number of benzene rings is 3. The van der Waals surface area contributed by atoms with Crippen LogP contribution in [-0.4, -0.2) is 52.4 Å². The number of nitrogens with zero attached hydrogens (tertiary/aromatic N) is 3. The highest BCUT2D eigenvalue weighted by Gasteiger charge is 2.30. The third-order valence-corrected chi connectivity index (χ3v) is 7.89. The smallest absolute Gasteiger partial charge is 0.254 e. The number of likely N-dealkylation sites (tertiary alicyclic amines) is 1. The van der Waals surface area contributed by atoms with Gasteiger partial charge in [0.05, 0.1) is 24.2 Å². The van der Waals surface area contributed by atoms with Crippen LogP contribution in [0.1, 0.15) is 72.4 Å². The van der Waals surface area contributed by atoms with Gasteiger partial charge < -0.3 is 14.6 Å². The number of methoxy groups -OCH3 is 1. The predicted octanol–water partition coefficient (Wildman–Crippen LogP) is 6.92. The van der Waals surface area contributed by atoms with E-state index in [1.807, 2.05) is 29.2 Å². The van der Waals surface area contributed by atoms with Gasteiger partial charge in [0.15, 0.2) is 11.6 Å². The second-order valence-electron chi connectivity index (χ2n) is 10.7. The number of nitrogens with one attached hydrogen (secondary N) is 1. The largest absolute Gasteiger partial charge is 0.494 e. The third kappa shape index (κ3) is 6.36. The molecule has 0 aliphatic carbocycles. The lowest BCUT2D eigenvalue weighted by Gasteiger charge is -2.32. The lowest BCUT2D eigenvalue weighted by molar-refractivity contribution is 0.0662. The van der Waals surface area contributed by atoms with E-state index < -0.39 is 5.82 Å². The summed E-state index contributed by atoms with van der Waals surface area (Å²) in [4.78, 5) is 26.9. The highest BCUT2D eigenvalue weighted by molar-refractivity contribution is 5.94. The number of piperidine rings is 1. The molecular weight excluding hydrogens is 503 g/mol. The molecule has 7 heteroatoms. The Bertz CT molecular complexity index is 1400. The van der Waals surface area contributed by atoms with Crippen molar-refractivity contribution in [3.8, 4) is 5.75 Å². The Morgan fingerprint density at radius 2 is 1.80 bits per heavy atom. The number of halogens is 1. The fraction of sp³-hybridized carbons (Fsp3) is 0.394. The minimum absolute atomic E-state index is 0.122. The van der Waals surface area contributed by atoms with Crippen LogP contribution >= 0.6 is 0 Å². The van der Waals surface area contributed by atoms with Crippen molar-refractivity contribution in [3.63, 3.8) is 0 Å². The molecule has 1 saturated heterocycles. The van der Waals surface area contributed by atoms with Gasteiger partial charge in [0.25, 0.3) is 5.91 Å². The Morgan fingerprint density at radius 3 is 2.52 bits per heavy atom. The van der Waals surface area contributed by atoms with E-state index >= 15 is 0 Å². The Kier molecular flexibility index (Phi) is 9.12. The number of rotatable bonds is 11. The zero-order valence-corrected chi connectivity index (χ0v) is 23.5. The monoisotopic (exact) mass is 542 g/mol. The van der Waals surface area contributed by atoms with Gasteiger partial charge in [-0.2, -0.15) is 0 Å². The Balaban J connectivity index is 1.54. The number of aromatic amines is 1. The lowest BCUT2D eigenvalue weighted by atomic mass is 9.97. The molecule has 1 aromatic heterocycles. The third-order valence-electron chi connectivity index (χ3n) is 7.89. The van der Waals surface area contributed by atoms with Crippen LogP contribution in [0.3, 0.4) is 0 Å². The van der Waals surface area contributed by atoms with E-state index in [0.717, 1.165) is 49.3 Å². The molecule has 1 atom stereocenters. The van der Waals surface area contributed by atoms with Crippen molar-refractivity contribution in [2.24, 2.45) is 0 Å². The van der Waals surface area contributed by atoms with Crippen molar-refractivity contribution in [2.75, 3.05) is 26.7 Å². The SMILES string of the molecule is CCCCN(C(=O)c1ccc(OC)c(F)c1)C(Cc1ccccc1CN1CCCCC1)c1nc2ccccc2[nH]1. The van der Waals surface area contributed by atoms with Crippen LogP contribution in [0, 0.1) is 5.82 Å². The van der Waals surface area contributed by atoms with Crippen LogP contribution in [0.4, 0.5) is 4.39 Å². The Morgan fingerprint density at radius 1 is 1.05 bits per heavy atom. The van der Waals surface area contributed by atoms with E-state index in [1.165, 1.54) is 49.6 Å². The molecule has 210 valence electrons. The molecule has 1 aliphatic heterocycles. The van der Waals surface area contributed by atoms with Gasteiger partial charge in [-0.1, -0.05) is 56.2 Å². The Labute approximate surface area is 236 Å². The molecule has 0 radical (unpaired) electrons. The molecule has 2 heterocycles. The maximum Gasteiger partial charge on any atom is 0.254 e. The van der Waals surface area contributed by atoms with Crippen molar-refractivity contribution in [2.45, 2.75) is 58.0 Å². The zero-order valence-electron chi connectivity index (χ0n) is 23.5. The van der Waals surface area contributed by atoms with Gasteiger partial charge in [0, 0.05) is 25.1 Å². The van der Waals surface area contributed by atoms with E-state index in [4.69, 9.17) is 9.72 Å². The molecule has 1 aliphatic rings. The number of aromatic nitrogens is 2. The first kappa shape index (κ1) is 27.8. The number of carbonyl (C=O) groups is 1. The van der Waals surface area contributed by atoms with Gasteiger partial charge in [-0.15, -0.1) is 0 Å². The molecule has 0 bridgehead atoms. The van der Waals surface area contributed by atoms with Gasteiger partial charge in [-0.25, -0.2) is 9.37 Å². The molecular formula is C33H39FN4O2. The number of ether oxygens (including phenoxy) is 1. The van der Waals surface area contributed by atoms with Gasteiger partial charge in [0.1, 0.15) is 5.82 Å². The van der Waals surface area contributed by atoms with Crippen LogP contribution in [0.5, 0.6) is 5.75 Å². The van der Waals surface area contributed by atoms with Crippen LogP contribution in [0.2, 0.25) is 0 Å². The van der Waals surface area contributed by atoms with Crippen molar-refractivity contribution >= 4 is 16.9 Å². The number of hydrogen-bond acceptors (Lipinski definition) is 4. The maximum atomic E-state index is 14.7. The minimum Gasteiger partial charge on any atom is -0.494 e. The number of unbranched alkanes of at least 4 members (excludes halogenated alkanes) is 1. The quantitative estimate of drug-likeness (QED) is 0.223. The molecule has 0 saturated carbocycles. The van der Waals surface area contributed by atoms with Crippen molar-refractivity contribution in [1.29, 1.82) is 0 Å². The summed E-state index contributed by atoms with van der Waals surface area (Å²) in [5.74, 6) is 0.106. The number of amides is 1. The number of hydrogen-bond donors (Lipinski definition) is 1. The molecule has 1 fully saturated rings. The summed E-state index contributed by atoms with van der Waals surface area (Å²) in [6.45, 7) is 5.78. The van der Waals surface area contributed by atoms with Crippen LogP contribution in [0.15, 0.2) is 66.7 Å². The summed E-state index contributed by atoms with van der Waals surface area (Å²) < 4.78 is 19.8. The van der Waals surface area contributed by atoms with E-state index in [9.17, 15) is 9.18 Å². The fourth-order valence-corrected chi connectivity index (χ4v) is 5.66. The van der Waals surface area contributed by atoms with E-state index in [0.29, 0.717) is 18.5 Å². The fourth-order valence-electron chi connectivity index (χ4n) is 5.66. The first-order chi connectivity index (χ1) is 19.6. The Hall–Kier alpha value is -3.71. The van der Waals surface area contributed by atoms with Crippen molar-refractivity contribution in [1.82, 2.24) is 19.8 Å². The van der Waals surface area contributed by atoms with Gasteiger partial charge >= 0.3 is 0 Å². The topological polar surface area (TPSA) is 61.5 Å². The standard InChI is InChI=1S/C33H39FN4O2/c1-3-4-20-38(33(39)25-16-17-31(40-2)27(34)21-25)30(32-35-28-14-8-9-15-29(28)36-32)22-24-12-6-7-13-26(24)23-37-18-10-5-11-19-37/h6-9,12-17,21,30H,3-5,10-11,18-20,22-23H2,1-2H3,(H,35,36). The average Bonchev–Trinajstić information content (AvgIpc) is 3.42. The average molecular weight is 543 g/mol. The van der Waals surface area contributed by atoms with Crippen LogP contribution in [0.25, 0.3) is 11.0 Å². The number of para-hydroxylation sites is 2. The van der Waals surface area contributed by atoms with Gasteiger partial charge in [-0.05, 0) is 73.8 Å². The molecule has 1 amide bonds. The van der Waals surface area contributed by atoms with Crippen LogP contribution < -0.4 is 4.74 Å². The summed E-state index contributed by atoms with van der Waals surface area (Å²) in [6.07, 6.45) is 6.14. The van der Waals surface area contributed by atoms with E-state index in [2.05, 4.69) is 41.1 Å². The molecule has 1 N–H and O–H groups in total. The lowest BCUT2D eigenvalue weighted by Crippen LogP contribution is -2.38. The van der Waals surface area contributed by atoms with Crippen LogP contribution in [-0.2, 0) is 13.0 Å². The molecule has 0 spiro atoms. The number of imidazole rings is 1. The zero-order chi connectivity index (χ0) is 27.9. The molecule has 3 aromatic carbocycles. The highest BCUT2D eigenvalue weighted by Crippen LogP contribution is 2.30. The molecule has 4 aromatic rings. The maximum absolute atomic E-state index is 14.7. The molecule has 5 rings (SSSR count). The van der Waals surface area contributed by atoms with Crippen molar-refractivity contribution < 1.29 is 13.9 Å². The molecule has 40 heavy (non-hydrogen) atoms. The number of fused-ring (bicyclic) bond motifs is 1. The van der Waals surface area contributed by atoms with Gasteiger partial charge in [-0.3, -0.25) is 9.69 Å². The molecule has 1 unspecified atom stereocenters. The van der Waals surface area contributed by atoms with Gasteiger partial charge in [0.2, 0.25) is 0 Å². The highest BCUT2D eigenvalue weighted by atomic mass is 19.1. The normalized spacial score (nSPS) is 14.8. The summed E-state index contributed by atoms with van der Waals surface area (Å²) in [5, 5.41) is 0. The molecule has 6 nitrogen and oxygen atoms in total. The second kappa shape index (κ2) is 13.1. The predicted molar refractivity (Wildman–Crippen MR) is 157 cm³/mol.